The molecule has 1 aliphatic heterocycles. The van der Waals surface area contributed by atoms with E-state index in [2.05, 4.69) is 0 Å². The van der Waals surface area contributed by atoms with Crippen LogP contribution in [0.3, 0.4) is 0 Å². The van der Waals surface area contributed by atoms with Gasteiger partial charge in [0.05, 0.1) is 23.8 Å². The van der Waals surface area contributed by atoms with Gasteiger partial charge in [-0.15, -0.1) is 0 Å². The highest BCUT2D eigenvalue weighted by atomic mass is 35.5. The molecule has 9 heteroatoms. The fourth-order valence-corrected chi connectivity index (χ4v) is 3.69. The molecule has 0 atom stereocenters. The first kappa shape index (κ1) is 13.8. The van der Waals surface area contributed by atoms with E-state index in [1.165, 1.54) is 18.2 Å². The van der Waals surface area contributed by atoms with E-state index in [1.54, 1.807) is 0 Å². The predicted octanol–water partition coefficient (Wildman–Crippen LogP) is -0.431. The summed E-state index contributed by atoms with van der Waals surface area (Å²) in [5.41, 5.74) is 5.57. The van der Waals surface area contributed by atoms with Crippen molar-refractivity contribution in [2.75, 3.05) is 18.8 Å². The molecule has 1 aliphatic rings. The molecular formula is C10H10ClN3O4S. The number of nitrogens with two attached hydrogens (primary N) is 1. The summed E-state index contributed by atoms with van der Waals surface area (Å²) in [6.45, 7) is -0.891. The van der Waals surface area contributed by atoms with Crippen LogP contribution in [-0.2, 0) is 19.6 Å². The number of carbonyl (C=O) groups is 2. The minimum absolute atomic E-state index is 0.0362. The van der Waals surface area contributed by atoms with Gasteiger partial charge >= 0.3 is 0 Å². The first-order valence-electron chi connectivity index (χ1n) is 5.19. The minimum atomic E-state index is -4.09. The monoisotopic (exact) mass is 303 g/mol. The molecule has 3 N–H and O–H groups in total. The van der Waals surface area contributed by atoms with Crippen molar-refractivity contribution in [3.63, 3.8) is 0 Å². The number of sulfonamides is 1. The first-order chi connectivity index (χ1) is 8.82. The Labute approximate surface area is 114 Å². The molecule has 0 bridgehead atoms. The molecule has 1 aromatic rings. The van der Waals surface area contributed by atoms with Crippen molar-refractivity contribution in [2.45, 2.75) is 4.90 Å². The van der Waals surface area contributed by atoms with E-state index in [-0.39, 0.29) is 15.6 Å². The zero-order chi connectivity index (χ0) is 14.2. The summed E-state index contributed by atoms with van der Waals surface area (Å²) >= 11 is 5.83. The summed E-state index contributed by atoms with van der Waals surface area (Å²) in [6, 6.07) is 4.26. The van der Waals surface area contributed by atoms with Gasteiger partial charge in [-0.1, -0.05) is 17.7 Å². The van der Waals surface area contributed by atoms with Gasteiger partial charge in [0.2, 0.25) is 21.8 Å². The fourth-order valence-electron chi connectivity index (χ4n) is 1.71. The second kappa shape index (κ2) is 4.80. The Balaban J connectivity index is 2.48. The Morgan fingerprint density at radius 2 is 1.79 bits per heavy atom. The number of carbonyl (C=O) groups excluding carboxylic acids is 2. The molecule has 7 nitrogen and oxygen atoms in total. The van der Waals surface area contributed by atoms with Crippen LogP contribution in [0, 0.1) is 0 Å². The number of piperazine rings is 1. The van der Waals surface area contributed by atoms with E-state index in [4.69, 9.17) is 17.3 Å². The van der Waals surface area contributed by atoms with Crippen LogP contribution in [0.25, 0.3) is 0 Å². The normalized spacial score (nSPS) is 17.3. The van der Waals surface area contributed by atoms with Gasteiger partial charge < -0.3 is 5.73 Å². The van der Waals surface area contributed by atoms with Crippen LogP contribution < -0.4 is 11.1 Å². The topological polar surface area (TPSA) is 110 Å². The van der Waals surface area contributed by atoms with Crippen LogP contribution >= 0.6 is 11.6 Å². The molecule has 1 fully saturated rings. The highest BCUT2D eigenvalue weighted by Gasteiger charge is 2.35. The van der Waals surface area contributed by atoms with Gasteiger partial charge in [0, 0.05) is 0 Å². The van der Waals surface area contributed by atoms with Crippen molar-refractivity contribution in [1.29, 1.82) is 0 Å². The molecule has 0 unspecified atom stereocenters. The van der Waals surface area contributed by atoms with E-state index >= 15 is 0 Å². The average Bonchev–Trinajstić information content (AvgIpc) is 2.26. The molecule has 0 radical (unpaired) electrons. The Hall–Kier alpha value is -1.64. The average molecular weight is 304 g/mol. The predicted molar refractivity (Wildman–Crippen MR) is 67.8 cm³/mol. The zero-order valence-corrected chi connectivity index (χ0v) is 11.2. The lowest BCUT2D eigenvalue weighted by Crippen LogP contribution is -2.53. The second-order valence-electron chi connectivity index (χ2n) is 3.90. The standard InChI is InChI=1S/C10H10ClN3O4S/c11-6-2-1-3-7(12)10(6)19(17,18)14-4-8(15)13-9(16)5-14/h1-3H,4-5,12H2,(H,13,15,16). The van der Waals surface area contributed by atoms with Crippen molar-refractivity contribution < 1.29 is 18.0 Å². The van der Waals surface area contributed by atoms with E-state index in [0.717, 1.165) is 4.31 Å². The molecule has 0 saturated carbocycles. The molecule has 2 rings (SSSR count). The van der Waals surface area contributed by atoms with Crippen molar-refractivity contribution in [2.24, 2.45) is 0 Å². The number of nitrogens with zero attached hydrogens (tertiary/aromatic N) is 1. The van der Waals surface area contributed by atoms with Gasteiger partial charge in [-0.3, -0.25) is 14.9 Å². The minimum Gasteiger partial charge on any atom is -0.398 e. The number of amides is 2. The summed E-state index contributed by atoms with van der Waals surface area (Å²) < 4.78 is 25.4. The van der Waals surface area contributed by atoms with E-state index < -0.39 is 34.9 Å². The summed E-state index contributed by atoms with van der Waals surface area (Å²) in [4.78, 5) is 22.2. The first-order valence-corrected chi connectivity index (χ1v) is 7.01. The highest BCUT2D eigenvalue weighted by Crippen LogP contribution is 2.30. The van der Waals surface area contributed by atoms with Crippen molar-refractivity contribution in [1.82, 2.24) is 9.62 Å². The number of hydrogen-bond acceptors (Lipinski definition) is 5. The lowest BCUT2D eigenvalue weighted by atomic mass is 10.3. The highest BCUT2D eigenvalue weighted by molar-refractivity contribution is 7.89. The Morgan fingerprint density at radius 3 is 2.32 bits per heavy atom. The maximum atomic E-state index is 12.3. The van der Waals surface area contributed by atoms with Gasteiger partial charge in [-0.25, -0.2) is 8.42 Å². The number of hydrogen-bond donors (Lipinski definition) is 2. The molecule has 1 heterocycles. The van der Waals surface area contributed by atoms with Crippen LogP contribution in [0.4, 0.5) is 5.69 Å². The van der Waals surface area contributed by atoms with Crippen LogP contribution in [0.15, 0.2) is 23.1 Å². The van der Waals surface area contributed by atoms with Crippen molar-refractivity contribution in [3.05, 3.63) is 23.2 Å². The Bertz CT molecular complexity index is 622. The molecular weight excluding hydrogens is 294 g/mol. The summed E-state index contributed by atoms with van der Waals surface area (Å²) in [7, 11) is -4.09. The number of nitrogen functional groups attached to an aromatic ring is 1. The molecule has 1 aromatic carbocycles. The molecule has 19 heavy (non-hydrogen) atoms. The lowest BCUT2D eigenvalue weighted by molar-refractivity contribution is -0.134. The number of benzene rings is 1. The number of halogens is 1. The Kier molecular flexibility index (Phi) is 3.48. The second-order valence-corrected chi connectivity index (χ2v) is 6.18. The molecule has 2 amide bonds. The number of nitrogens with one attached hydrogen (secondary N) is 1. The maximum absolute atomic E-state index is 12.3. The van der Waals surface area contributed by atoms with Crippen LogP contribution in [-0.4, -0.2) is 37.6 Å². The molecule has 0 aromatic heterocycles. The van der Waals surface area contributed by atoms with Crippen LogP contribution in [0.5, 0.6) is 0 Å². The van der Waals surface area contributed by atoms with Crippen LogP contribution in [0.2, 0.25) is 5.02 Å². The van der Waals surface area contributed by atoms with Gasteiger partial charge in [-0.2, -0.15) is 4.31 Å². The van der Waals surface area contributed by atoms with E-state index in [1.807, 2.05) is 5.32 Å². The number of anilines is 1. The number of rotatable bonds is 2. The van der Waals surface area contributed by atoms with Gasteiger partial charge in [0.1, 0.15) is 4.90 Å². The van der Waals surface area contributed by atoms with Gasteiger partial charge in [-0.05, 0) is 12.1 Å². The van der Waals surface area contributed by atoms with Crippen molar-refractivity contribution in [3.8, 4) is 0 Å². The summed E-state index contributed by atoms with van der Waals surface area (Å²) in [5, 5.41) is 1.96. The molecule has 1 saturated heterocycles. The van der Waals surface area contributed by atoms with Gasteiger partial charge in [0.25, 0.3) is 0 Å². The molecule has 0 aliphatic carbocycles. The zero-order valence-electron chi connectivity index (χ0n) is 9.59. The third kappa shape index (κ3) is 2.55. The fraction of sp³-hybridized carbons (Fsp3) is 0.200. The maximum Gasteiger partial charge on any atom is 0.247 e. The van der Waals surface area contributed by atoms with E-state index in [9.17, 15) is 18.0 Å². The summed E-state index contributed by atoms with van der Waals surface area (Å²) in [5.74, 6) is -1.38. The van der Waals surface area contributed by atoms with Gasteiger partial charge in [0.15, 0.2) is 0 Å². The quantitative estimate of drug-likeness (QED) is 0.569. The smallest absolute Gasteiger partial charge is 0.247 e. The third-order valence-electron chi connectivity index (χ3n) is 2.51. The van der Waals surface area contributed by atoms with Crippen molar-refractivity contribution >= 4 is 39.1 Å². The summed E-state index contributed by atoms with van der Waals surface area (Å²) in [6.07, 6.45) is 0. The Morgan fingerprint density at radius 1 is 1.21 bits per heavy atom. The lowest BCUT2D eigenvalue weighted by Gasteiger charge is -2.25. The van der Waals surface area contributed by atoms with Crippen LogP contribution in [0.1, 0.15) is 0 Å². The number of imide groups is 1. The third-order valence-corrected chi connectivity index (χ3v) is 4.85. The van der Waals surface area contributed by atoms with E-state index in [0.29, 0.717) is 0 Å². The molecule has 0 spiro atoms. The largest absolute Gasteiger partial charge is 0.398 e. The SMILES string of the molecule is Nc1cccc(Cl)c1S(=O)(=O)N1CC(=O)NC(=O)C1. The molecule has 102 valence electrons.